The fourth-order valence-corrected chi connectivity index (χ4v) is 4.03. The molecule has 1 saturated heterocycles. The van der Waals surface area contributed by atoms with Crippen LogP contribution in [-0.2, 0) is 57.1 Å². The third-order valence-corrected chi connectivity index (χ3v) is 6.61. The van der Waals surface area contributed by atoms with Crippen LogP contribution in [-0.4, -0.2) is 154 Å². The minimum atomic E-state index is -0.249. The van der Waals surface area contributed by atoms with E-state index in [9.17, 15) is 19.2 Å². The zero-order valence-corrected chi connectivity index (χ0v) is 27.9. The average molecular weight is 664 g/mol. The van der Waals surface area contributed by atoms with E-state index >= 15 is 0 Å². The first-order valence-corrected chi connectivity index (χ1v) is 16.5. The van der Waals surface area contributed by atoms with Crippen molar-refractivity contribution in [2.24, 2.45) is 5.92 Å². The van der Waals surface area contributed by atoms with Gasteiger partial charge in [-0.1, -0.05) is 13.8 Å². The molecular weight excluding hydrogens is 606 g/mol. The predicted molar refractivity (Wildman–Crippen MR) is 167 cm³/mol. The van der Waals surface area contributed by atoms with Gasteiger partial charge in [0.05, 0.1) is 106 Å². The van der Waals surface area contributed by atoms with E-state index in [0.29, 0.717) is 132 Å². The minimum absolute atomic E-state index is 0.00782. The molecule has 0 aromatic heterocycles. The number of amides is 4. The normalized spacial score (nSPS) is 14.7. The van der Waals surface area contributed by atoms with Gasteiger partial charge in [-0.2, -0.15) is 0 Å². The Balaban J connectivity index is 1.71. The molecule has 0 radical (unpaired) electrons. The Labute approximate surface area is 273 Å². The van der Waals surface area contributed by atoms with E-state index in [0.717, 1.165) is 6.42 Å². The van der Waals surface area contributed by atoms with Gasteiger partial charge in [-0.05, 0) is 12.8 Å². The molecular formula is C31H57N3O12. The van der Waals surface area contributed by atoms with Crippen LogP contribution in [0.2, 0.25) is 0 Å². The van der Waals surface area contributed by atoms with Gasteiger partial charge in [0.25, 0.3) is 0 Å². The predicted octanol–water partition coefficient (Wildman–Crippen LogP) is 0.327. The van der Waals surface area contributed by atoms with Crippen molar-refractivity contribution in [3.05, 3.63) is 0 Å². The fourth-order valence-electron chi connectivity index (χ4n) is 4.03. The average Bonchev–Trinajstić information content (AvgIpc) is 3.33. The Morgan fingerprint density at radius 1 is 0.587 bits per heavy atom. The lowest BCUT2D eigenvalue weighted by Crippen LogP contribution is -2.36. The number of rotatable bonds is 33. The molecule has 0 spiro atoms. The highest BCUT2D eigenvalue weighted by Crippen LogP contribution is 2.22. The molecule has 1 aliphatic rings. The molecule has 0 aromatic carbocycles. The topological polar surface area (TPSA) is 169 Å². The second kappa shape index (κ2) is 30.1. The summed E-state index contributed by atoms with van der Waals surface area (Å²) in [4.78, 5) is 48.5. The molecule has 0 aliphatic carbocycles. The molecule has 15 nitrogen and oxygen atoms in total. The van der Waals surface area contributed by atoms with E-state index in [-0.39, 0.29) is 48.9 Å². The Hall–Kier alpha value is -2.24. The highest BCUT2D eigenvalue weighted by atomic mass is 16.6. The Kier molecular flexibility index (Phi) is 27.4. The van der Waals surface area contributed by atoms with Crippen LogP contribution in [0.5, 0.6) is 0 Å². The summed E-state index contributed by atoms with van der Waals surface area (Å²) in [5.41, 5.74) is 0. The van der Waals surface area contributed by atoms with Gasteiger partial charge in [0.2, 0.25) is 23.6 Å². The first-order chi connectivity index (χ1) is 22.5. The van der Waals surface area contributed by atoms with Crippen LogP contribution in [0, 0.1) is 5.92 Å². The van der Waals surface area contributed by atoms with Gasteiger partial charge in [-0.3, -0.25) is 24.1 Å². The second-order valence-corrected chi connectivity index (χ2v) is 10.3. The number of ether oxygens (including phenoxy) is 8. The summed E-state index contributed by atoms with van der Waals surface area (Å²) in [6.45, 7) is 12.1. The van der Waals surface area contributed by atoms with E-state index in [1.165, 1.54) is 4.90 Å². The van der Waals surface area contributed by atoms with Crippen LogP contribution in [0.15, 0.2) is 0 Å². The SMILES string of the molecule is CCCNC(=O)CCOCCOCCOCCOCCOCCOCCOCCOCCNC(=O)CCN1C(=O)CC(CC)C1=O. The maximum atomic E-state index is 12.1. The molecule has 1 heterocycles. The van der Waals surface area contributed by atoms with Gasteiger partial charge in [-0.25, -0.2) is 0 Å². The van der Waals surface area contributed by atoms with Gasteiger partial charge in [0.1, 0.15) is 0 Å². The van der Waals surface area contributed by atoms with Gasteiger partial charge in [0, 0.05) is 44.8 Å². The van der Waals surface area contributed by atoms with Crippen molar-refractivity contribution < 1.29 is 57.1 Å². The first-order valence-electron chi connectivity index (χ1n) is 16.5. The summed E-state index contributed by atoms with van der Waals surface area (Å²) in [6.07, 6.45) is 2.25. The molecule has 0 bridgehead atoms. The third-order valence-electron chi connectivity index (χ3n) is 6.61. The monoisotopic (exact) mass is 663 g/mol. The summed E-state index contributed by atoms with van der Waals surface area (Å²) >= 11 is 0. The maximum Gasteiger partial charge on any atom is 0.232 e. The lowest BCUT2D eigenvalue weighted by atomic mass is 10.1. The fraction of sp³-hybridized carbons (Fsp3) is 0.871. The number of likely N-dealkylation sites (tertiary alicyclic amines) is 1. The Morgan fingerprint density at radius 2 is 0.978 bits per heavy atom. The number of nitrogens with zero attached hydrogens (tertiary/aromatic N) is 1. The minimum Gasteiger partial charge on any atom is -0.379 e. The number of carbonyl (C=O) groups is 4. The summed E-state index contributed by atoms with van der Waals surface area (Å²) in [6, 6.07) is 0. The largest absolute Gasteiger partial charge is 0.379 e. The van der Waals surface area contributed by atoms with Crippen LogP contribution >= 0.6 is 0 Å². The van der Waals surface area contributed by atoms with Gasteiger partial charge in [-0.15, -0.1) is 0 Å². The zero-order chi connectivity index (χ0) is 33.5. The van der Waals surface area contributed by atoms with Crippen molar-refractivity contribution in [1.82, 2.24) is 15.5 Å². The Bertz CT molecular complexity index is 805. The van der Waals surface area contributed by atoms with Crippen LogP contribution in [0.3, 0.4) is 0 Å². The number of hydrogen-bond donors (Lipinski definition) is 2. The van der Waals surface area contributed by atoms with E-state index in [2.05, 4.69) is 10.6 Å². The lowest BCUT2D eigenvalue weighted by molar-refractivity contribution is -0.139. The smallest absolute Gasteiger partial charge is 0.232 e. The molecule has 4 amide bonds. The molecule has 15 heteroatoms. The molecule has 2 N–H and O–H groups in total. The van der Waals surface area contributed by atoms with E-state index in [1.54, 1.807) is 0 Å². The first kappa shape index (κ1) is 41.8. The van der Waals surface area contributed by atoms with Crippen molar-refractivity contribution in [3.8, 4) is 0 Å². The molecule has 1 aliphatic heterocycles. The summed E-state index contributed by atoms with van der Waals surface area (Å²) < 4.78 is 43.4. The molecule has 1 atom stereocenters. The van der Waals surface area contributed by atoms with Crippen molar-refractivity contribution >= 4 is 23.6 Å². The number of hydrogen-bond acceptors (Lipinski definition) is 12. The number of carbonyl (C=O) groups excluding carboxylic acids is 4. The Morgan fingerprint density at radius 3 is 1.39 bits per heavy atom. The standard InChI is InChI=1S/C31H57N3O12/c1-3-7-32-29(36)6-10-39-12-14-41-16-18-43-20-22-45-24-25-46-23-21-44-19-17-42-15-13-40-11-8-33-28(35)5-9-34-30(37)26-27(4-2)31(34)38/h27H,3-26H2,1-2H3,(H,32,36)(H,33,35). The molecule has 0 saturated carbocycles. The van der Waals surface area contributed by atoms with Crippen LogP contribution < -0.4 is 10.6 Å². The summed E-state index contributed by atoms with van der Waals surface area (Å²) in [7, 11) is 0. The molecule has 1 rings (SSSR count). The van der Waals surface area contributed by atoms with Crippen molar-refractivity contribution in [2.75, 3.05) is 125 Å². The third kappa shape index (κ3) is 23.1. The van der Waals surface area contributed by atoms with Crippen LogP contribution in [0.1, 0.15) is 46.0 Å². The maximum absolute atomic E-state index is 12.1. The number of imide groups is 1. The molecule has 0 aromatic rings. The van der Waals surface area contributed by atoms with Crippen molar-refractivity contribution in [1.29, 1.82) is 0 Å². The van der Waals surface area contributed by atoms with E-state index in [1.807, 2.05) is 13.8 Å². The lowest BCUT2D eigenvalue weighted by Gasteiger charge is -2.14. The van der Waals surface area contributed by atoms with Crippen LogP contribution in [0.25, 0.3) is 0 Å². The summed E-state index contributed by atoms with van der Waals surface area (Å²) in [5, 5.41) is 5.52. The highest BCUT2D eigenvalue weighted by Gasteiger charge is 2.37. The van der Waals surface area contributed by atoms with Gasteiger partial charge in [0.15, 0.2) is 0 Å². The van der Waals surface area contributed by atoms with E-state index < -0.39 is 0 Å². The molecule has 46 heavy (non-hydrogen) atoms. The van der Waals surface area contributed by atoms with Gasteiger partial charge >= 0.3 is 0 Å². The molecule has 268 valence electrons. The quantitative estimate of drug-likeness (QED) is 0.0730. The molecule has 1 unspecified atom stereocenters. The second-order valence-electron chi connectivity index (χ2n) is 10.3. The zero-order valence-electron chi connectivity index (χ0n) is 27.9. The molecule has 1 fully saturated rings. The van der Waals surface area contributed by atoms with Crippen LogP contribution in [0.4, 0.5) is 0 Å². The van der Waals surface area contributed by atoms with Gasteiger partial charge < -0.3 is 48.5 Å². The summed E-state index contributed by atoms with van der Waals surface area (Å²) in [5.74, 6) is -0.844. The highest BCUT2D eigenvalue weighted by molar-refractivity contribution is 6.03. The number of nitrogens with one attached hydrogen (secondary N) is 2. The van der Waals surface area contributed by atoms with Crippen molar-refractivity contribution in [3.63, 3.8) is 0 Å². The van der Waals surface area contributed by atoms with E-state index in [4.69, 9.17) is 37.9 Å². The van der Waals surface area contributed by atoms with Crippen molar-refractivity contribution in [2.45, 2.75) is 46.0 Å².